The molecule has 2 atom stereocenters. The lowest BCUT2D eigenvalue weighted by atomic mass is 9.87. The molecule has 2 unspecified atom stereocenters. The number of allylic oxidation sites excluding steroid dienone is 1. The third kappa shape index (κ3) is 3.93. The summed E-state index contributed by atoms with van der Waals surface area (Å²) in [4.78, 5) is 4.39. The first-order valence-electron chi connectivity index (χ1n) is 9.40. The van der Waals surface area contributed by atoms with Crippen molar-refractivity contribution in [3.63, 3.8) is 0 Å². The van der Waals surface area contributed by atoms with Crippen LogP contribution in [0.5, 0.6) is 0 Å². The summed E-state index contributed by atoms with van der Waals surface area (Å²) in [5.74, 6) is 0. The zero-order chi connectivity index (χ0) is 17.9. The van der Waals surface area contributed by atoms with E-state index in [0.717, 1.165) is 45.9 Å². The second-order valence-electron chi connectivity index (χ2n) is 7.21. The standard InChI is InChI=1S/C20H31ClN4/c1-4-16(2)18(20(3,21)25-13-11-23-15-25)19(24-12-10-22-14-24)17-8-6-5-7-9-17/h5-9,19,22-23H,4,10-15H2,1-3H3. The molecule has 0 aliphatic carbocycles. The van der Waals surface area contributed by atoms with E-state index in [4.69, 9.17) is 11.6 Å². The Hall–Kier alpha value is -0.910. The fourth-order valence-electron chi connectivity index (χ4n) is 4.04. The van der Waals surface area contributed by atoms with Gasteiger partial charge in [0.25, 0.3) is 0 Å². The molecule has 2 fully saturated rings. The Kier molecular flexibility index (Phi) is 6.18. The highest BCUT2D eigenvalue weighted by molar-refractivity contribution is 6.25. The van der Waals surface area contributed by atoms with Crippen molar-refractivity contribution in [1.82, 2.24) is 20.4 Å². The van der Waals surface area contributed by atoms with Gasteiger partial charge in [-0.3, -0.25) is 9.80 Å². The average molecular weight is 363 g/mol. The van der Waals surface area contributed by atoms with E-state index in [1.165, 1.54) is 16.7 Å². The van der Waals surface area contributed by atoms with E-state index in [-0.39, 0.29) is 6.04 Å². The van der Waals surface area contributed by atoms with Crippen molar-refractivity contribution in [2.75, 3.05) is 39.5 Å². The van der Waals surface area contributed by atoms with Gasteiger partial charge in [0, 0.05) is 32.8 Å². The van der Waals surface area contributed by atoms with Gasteiger partial charge in [-0.05, 0) is 31.4 Å². The number of halogens is 1. The number of hydrogen-bond acceptors (Lipinski definition) is 4. The van der Waals surface area contributed by atoms with Crippen molar-refractivity contribution in [1.29, 1.82) is 0 Å². The molecule has 25 heavy (non-hydrogen) atoms. The van der Waals surface area contributed by atoms with E-state index in [2.05, 4.69) is 71.5 Å². The zero-order valence-electron chi connectivity index (χ0n) is 15.7. The Morgan fingerprint density at radius 3 is 2.40 bits per heavy atom. The Balaban J connectivity index is 2.07. The van der Waals surface area contributed by atoms with Crippen LogP contribution in [-0.2, 0) is 0 Å². The molecule has 0 saturated carbocycles. The summed E-state index contributed by atoms with van der Waals surface area (Å²) < 4.78 is 0. The van der Waals surface area contributed by atoms with Crippen LogP contribution in [0.1, 0.15) is 38.8 Å². The third-order valence-corrected chi connectivity index (χ3v) is 6.02. The average Bonchev–Trinajstić information content (AvgIpc) is 3.33. The molecule has 4 nitrogen and oxygen atoms in total. The largest absolute Gasteiger partial charge is 0.303 e. The van der Waals surface area contributed by atoms with Gasteiger partial charge in [0.2, 0.25) is 0 Å². The predicted molar refractivity (Wildman–Crippen MR) is 106 cm³/mol. The van der Waals surface area contributed by atoms with E-state index in [1.807, 2.05) is 0 Å². The van der Waals surface area contributed by atoms with Crippen molar-refractivity contribution in [2.24, 2.45) is 0 Å². The first-order chi connectivity index (χ1) is 12.1. The number of hydrogen-bond donors (Lipinski definition) is 2. The van der Waals surface area contributed by atoms with Crippen molar-refractivity contribution in [3.8, 4) is 0 Å². The maximum absolute atomic E-state index is 7.29. The minimum atomic E-state index is -0.493. The first kappa shape index (κ1) is 18.9. The van der Waals surface area contributed by atoms with Crippen LogP contribution in [0.2, 0.25) is 0 Å². The van der Waals surface area contributed by atoms with Crippen molar-refractivity contribution < 1.29 is 0 Å². The molecule has 2 aliphatic heterocycles. The summed E-state index contributed by atoms with van der Waals surface area (Å²) in [7, 11) is 0. The number of rotatable bonds is 6. The molecule has 1 aromatic rings. The van der Waals surface area contributed by atoms with Crippen LogP contribution in [-0.4, -0.2) is 54.3 Å². The first-order valence-corrected chi connectivity index (χ1v) is 9.78. The summed E-state index contributed by atoms with van der Waals surface area (Å²) in [6, 6.07) is 11.0. The Morgan fingerprint density at radius 1 is 1.16 bits per heavy atom. The van der Waals surface area contributed by atoms with Gasteiger partial charge in [-0.15, -0.1) is 0 Å². The van der Waals surface area contributed by atoms with Crippen LogP contribution < -0.4 is 10.6 Å². The van der Waals surface area contributed by atoms with Crippen molar-refractivity contribution in [3.05, 3.63) is 47.0 Å². The van der Waals surface area contributed by atoms with Gasteiger partial charge in [0.05, 0.1) is 12.7 Å². The van der Waals surface area contributed by atoms with Gasteiger partial charge < -0.3 is 10.6 Å². The molecule has 0 spiro atoms. The fraction of sp³-hybridized carbons (Fsp3) is 0.600. The minimum absolute atomic E-state index is 0.208. The van der Waals surface area contributed by atoms with E-state index >= 15 is 0 Å². The van der Waals surface area contributed by atoms with Crippen molar-refractivity contribution in [2.45, 2.75) is 38.2 Å². The number of benzene rings is 1. The van der Waals surface area contributed by atoms with Crippen LogP contribution in [0.3, 0.4) is 0 Å². The monoisotopic (exact) mass is 362 g/mol. The molecule has 138 valence electrons. The van der Waals surface area contributed by atoms with Gasteiger partial charge in [-0.1, -0.05) is 54.4 Å². The zero-order valence-corrected chi connectivity index (χ0v) is 16.4. The maximum atomic E-state index is 7.29. The molecule has 0 radical (unpaired) electrons. The molecular weight excluding hydrogens is 332 g/mol. The van der Waals surface area contributed by atoms with Gasteiger partial charge in [-0.25, -0.2) is 0 Å². The molecule has 2 N–H and O–H groups in total. The third-order valence-electron chi connectivity index (χ3n) is 5.58. The molecule has 1 aromatic carbocycles. The quantitative estimate of drug-likeness (QED) is 0.462. The van der Waals surface area contributed by atoms with Gasteiger partial charge in [-0.2, -0.15) is 0 Å². The molecule has 0 bridgehead atoms. The molecule has 2 aliphatic rings. The highest BCUT2D eigenvalue weighted by Crippen LogP contribution is 2.43. The van der Waals surface area contributed by atoms with Gasteiger partial charge >= 0.3 is 0 Å². The Labute approximate surface area is 157 Å². The fourth-order valence-corrected chi connectivity index (χ4v) is 4.45. The Bertz CT molecular complexity index is 587. The molecular formula is C20H31ClN4. The summed E-state index contributed by atoms with van der Waals surface area (Å²) in [5.41, 5.74) is 4.06. The van der Waals surface area contributed by atoms with E-state index < -0.39 is 5.00 Å². The molecule has 2 saturated heterocycles. The number of nitrogens with zero attached hydrogens (tertiary/aromatic N) is 2. The summed E-state index contributed by atoms with van der Waals surface area (Å²) >= 11 is 7.29. The maximum Gasteiger partial charge on any atom is 0.118 e. The SMILES string of the molecule is CCC(C)=C(C(c1ccccc1)N1CCNC1)C(C)(Cl)N1CCNC1. The van der Waals surface area contributed by atoms with Crippen LogP contribution in [0.4, 0.5) is 0 Å². The highest BCUT2D eigenvalue weighted by atomic mass is 35.5. The van der Waals surface area contributed by atoms with E-state index in [0.29, 0.717) is 0 Å². The van der Waals surface area contributed by atoms with Gasteiger partial charge in [0.15, 0.2) is 0 Å². The smallest absolute Gasteiger partial charge is 0.118 e. The lowest BCUT2D eigenvalue weighted by Gasteiger charge is -2.42. The van der Waals surface area contributed by atoms with Crippen LogP contribution >= 0.6 is 11.6 Å². The normalized spacial score (nSPS) is 24.2. The second-order valence-corrected chi connectivity index (χ2v) is 7.94. The molecule has 5 heteroatoms. The van der Waals surface area contributed by atoms with E-state index in [1.54, 1.807) is 0 Å². The number of nitrogens with one attached hydrogen (secondary N) is 2. The summed E-state index contributed by atoms with van der Waals surface area (Å²) in [5, 5.41) is 6.92. The van der Waals surface area contributed by atoms with Gasteiger partial charge in [0.1, 0.15) is 5.00 Å². The summed E-state index contributed by atoms with van der Waals surface area (Å²) in [6.07, 6.45) is 1.02. The van der Waals surface area contributed by atoms with Crippen LogP contribution in [0.15, 0.2) is 41.5 Å². The minimum Gasteiger partial charge on any atom is -0.303 e. The molecule has 0 aromatic heterocycles. The van der Waals surface area contributed by atoms with Crippen molar-refractivity contribution >= 4 is 11.6 Å². The van der Waals surface area contributed by atoms with Crippen LogP contribution in [0, 0.1) is 0 Å². The predicted octanol–water partition coefficient (Wildman–Crippen LogP) is 3.13. The van der Waals surface area contributed by atoms with E-state index in [9.17, 15) is 0 Å². The lowest BCUT2D eigenvalue weighted by Crippen LogP contribution is -2.47. The second kappa shape index (κ2) is 8.19. The highest BCUT2D eigenvalue weighted by Gasteiger charge is 2.42. The molecule has 3 rings (SSSR count). The number of alkyl halides is 1. The topological polar surface area (TPSA) is 30.5 Å². The van der Waals surface area contributed by atoms with Crippen LogP contribution in [0.25, 0.3) is 0 Å². The molecule has 2 heterocycles. The summed E-state index contributed by atoms with van der Waals surface area (Å²) in [6.45, 7) is 12.5. The Morgan fingerprint density at radius 2 is 1.84 bits per heavy atom. The molecule has 0 amide bonds. The lowest BCUT2D eigenvalue weighted by molar-refractivity contribution is 0.197.